The van der Waals surface area contributed by atoms with Crippen molar-refractivity contribution in [3.63, 3.8) is 0 Å². The smallest absolute Gasteiger partial charge is 0.126 e. The average Bonchev–Trinajstić information content (AvgIpc) is 2.29. The molecule has 0 aliphatic carbocycles. The standard InChI is InChI=1S/C12H18BrNO2/c1-7-8(2)12(16-4)10(5-14-6-15)9(3)11(7)13/h14-15H,5-6H2,1-4H3. The minimum atomic E-state index is -0.0346. The molecule has 0 fully saturated rings. The van der Waals surface area contributed by atoms with Gasteiger partial charge in [-0.05, 0) is 37.5 Å². The molecule has 0 aromatic heterocycles. The van der Waals surface area contributed by atoms with Crippen LogP contribution in [0.2, 0.25) is 0 Å². The van der Waals surface area contributed by atoms with Crippen molar-refractivity contribution in [1.82, 2.24) is 5.32 Å². The van der Waals surface area contributed by atoms with E-state index in [4.69, 9.17) is 9.84 Å². The van der Waals surface area contributed by atoms with Gasteiger partial charge in [0.2, 0.25) is 0 Å². The van der Waals surface area contributed by atoms with Crippen molar-refractivity contribution in [2.24, 2.45) is 0 Å². The zero-order valence-corrected chi connectivity index (χ0v) is 11.7. The van der Waals surface area contributed by atoms with Crippen LogP contribution in [0.3, 0.4) is 0 Å². The fourth-order valence-corrected chi connectivity index (χ4v) is 2.35. The predicted octanol–water partition coefficient (Wildman–Crippen LogP) is 2.42. The zero-order chi connectivity index (χ0) is 12.3. The van der Waals surface area contributed by atoms with Crippen molar-refractivity contribution in [2.45, 2.75) is 27.3 Å². The van der Waals surface area contributed by atoms with Crippen LogP contribution in [-0.4, -0.2) is 18.9 Å². The van der Waals surface area contributed by atoms with Crippen molar-refractivity contribution in [1.29, 1.82) is 0 Å². The van der Waals surface area contributed by atoms with Gasteiger partial charge >= 0.3 is 0 Å². The van der Waals surface area contributed by atoms with E-state index in [2.05, 4.69) is 28.2 Å². The molecule has 1 aromatic carbocycles. The summed E-state index contributed by atoms with van der Waals surface area (Å²) in [4.78, 5) is 0. The maximum Gasteiger partial charge on any atom is 0.126 e. The Morgan fingerprint density at radius 1 is 1.19 bits per heavy atom. The van der Waals surface area contributed by atoms with Crippen LogP contribution >= 0.6 is 15.9 Å². The molecule has 3 nitrogen and oxygen atoms in total. The Bertz CT molecular complexity index is 391. The molecule has 1 rings (SSSR count). The summed E-state index contributed by atoms with van der Waals surface area (Å²) >= 11 is 3.59. The van der Waals surface area contributed by atoms with E-state index in [1.807, 2.05) is 13.8 Å². The lowest BCUT2D eigenvalue weighted by molar-refractivity contribution is 0.258. The van der Waals surface area contributed by atoms with E-state index in [-0.39, 0.29) is 6.73 Å². The summed E-state index contributed by atoms with van der Waals surface area (Å²) in [6, 6.07) is 0. The maximum atomic E-state index is 8.81. The van der Waals surface area contributed by atoms with Gasteiger partial charge in [0.05, 0.1) is 13.8 Å². The van der Waals surface area contributed by atoms with E-state index in [9.17, 15) is 0 Å². The third kappa shape index (κ3) is 2.39. The van der Waals surface area contributed by atoms with Crippen molar-refractivity contribution < 1.29 is 9.84 Å². The van der Waals surface area contributed by atoms with Gasteiger partial charge in [0.1, 0.15) is 5.75 Å². The highest BCUT2D eigenvalue weighted by molar-refractivity contribution is 9.10. The highest BCUT2D eigenvalue weighted by Gasteiger charge is 2.15. The molecule has 0 heterocycles. The first-order chi connectivity index (χ1) is 7.54. The highest BCUT2D eigenvalue weighted by Crippen LogP contribution is 2.35. The molecule has 0 amide bonds. The Hall–Kier alpha value is -0.580. The van der Waals surface area contributed by atoms with Crippen LogP contribution in [-0.2, 0) is 6.54 Å². The van der Waals surface area contributed by atoms with E-state index >= 15 is 0 Å². The van der Waals surface area contributed by atoms with Crippen molar-refractivity contribution in [3.8, 4) is 5.75 Å². The van der Waals surface area contributed by atoms with E-state index in [0.29, 0.717) is 6.54 Å². The van der Waals surface area contributed by atoms with Gasteiger partial charge in [0, 0.05) is 16.6 Å². The van der Waals surface area contributed by atoms with Gasteiger partial charge in [0.25, 0.3) is 0 Å². The second kappa shape index (κ2) is 5.66. The Morgan fingerprint density at radius 2 is 1.81 bits per heavy atom. The number of benzene rings is 1. The summed E-state index contributed by atoms with van der Waals surface area (Å²) in [6.07, 6.45) is 0. The summed E-state index contributed by atoms with van der Waals surface area (Å²) in [5.41, 5.74) is 4.57. The first-order valence-corrected chi connectivity index (χ1v) is 5.97. The molecule has 2 N–H and O–H groups in total. The van der Waals surface area contributed by atoms with E-state index < -0.39 is 0 Å². The molecular formula is C12H18BrNO2. The van der Waals surface area contributed by atoms with Gasteiger partial charge in [0.15, 0.2) is 0 Å². The monoisotopic (exact) mass is 287 g/mol. The molecule has 0 saturated heterocycles. The Balaban J connectivity index is 3.33. The van der Waals surface area contributed by atoms with E-state index in [1.54, 1.807) is 7.11 Å². The fourth-order valence-electron chi connectivity index (χ4n) is 1.82. The van der Waals surface area contributed by atoms with Crippen LogP contribution in [0.5, 0.6) is 5.75 Å². The van der Waals surface area contributed by atoms with E-state index in [0.717, 1.165) is 26.9 Å². The molecule has 0 aliphatic heterocycles. The largest absolute Gasteiger partial charge is 0.496 e. The molecule has 0 unspecified atom stereocenters. The van der Waals surface area contributed by atoms with Crippen molar-refractivity contribution in [3.05, 3.63) is 26.7 Å². The molecule has 0 radical (unpaired) electrons. The molecular weight excluding hydrogens is 270 g/mol. The zero-order valence-electron chi connectivity index (χ0n) is 10.1. The molecule has 4 heteroatoms. The van der Waals surface area contributed by atoms with Crippen LogP contribution in [0, 0.1) is 20.8 Å². The van der Waals surface area contributed by atoms with E-state index in [1.165, 1.54) is 5.56 Å². The quantitative estimate of drug-likeness (QED) is 0.836. The molecule has 0 aliphatic rings. The number of ether oxygens (including phenoxy) is 1. The van der Waals surface area contributed by atoms with Crippen molar-refractivity contribution >= 4 is 15.9 Å². The number of nitrogens with one attached hydrogen (secondary N) is 1. The van der Waals surface area contributed by atoms with Gasteiger partial charge in [-0.1, -0.05) is 15.9 Å². The second-order valence-corrected chi connectivity index (χ2v) is 4.58. The molecule has 1 aromatic rings. The van der Waals surface area contributed by atoms with Crippen LogP contribution < -0.4 is 10.1 Å². The summed E-state index contributed by atoms with van der Waals surface area (Å²) in [6.45, 7) is 6.73. The van der Waals surface area contributed by atoms with Crippen LogP contribution in [0.15, 0.2) is 4.47 Å². The lowest BCUT2D eigenvalue weighted by Crippen LogP contribution is -2.16. The maximum absolute atomic E-state index is 8.81. The summed E-state index contributed by atoms with van der Waals surface area (Å²) < 4.78 is 6.56. The number of methoxy groups -OCH3 is 1. The predicted molar refractivity (Wildman–Crippen MR) is 68.8 cm³/mol. The van der Waals surface area contributed by atoms with Crippen LogP contribution in [0.4, 0.5) is 0 Å². The average molecular weight is 288 g/mol. The highest BCUT2D eigenvalue weighted by atomic mass is 79.9. The van der Waals surface area contributed by atoms with Gasteiger partial charge in [-0.3, -0.25) is 5.32 Å². The third-order valence-electron chi connectivity index (χ3n) is 2.91. The summed E-state index contributed by atoms with van der Waals surface area (Å²) in [5, 5.41) is 11.7. The first-order valence-electron chi connectivity index (χ1n) is 5.18. The molecule has 0 spiro atoms. The molecule has 16 heavy (non-hydrogen) atoms. The number of aliphatic hydroxyl groups is 1. The van der Waals surface area contributed by atoms with Gasteiger partial charge < -0.3 is 9.84 Å². The number of aliphatic hydroxyl groups excluding tert-OH is 1. The van der Waals surface area contributed by atoms with Gasteiger partial charge in [-0.15, -0.1) is 0 Å². The second-order valence-electron chi connectivity index (χ2n) is 3.79. The Kier molecular flexibility index (Phi) is 4.77. The third-order valence-corrected chi connectivity index (χ3v) is 4.10. The minimum Gasteiger partial charge on any atom is -0.496 e. The van der Waals surface area contributed by atoms with Crippen LogP contribution in [0.25, 0.3) is 0 Å². The molecule has 0 bridgehead atoms. The van der Waals surface area contributed by atoms with Crippen molar-refractivity contribution in [2.75, 3.05) is 13.8 Å². The summed E-state index contributed by atoms with van der Waals surface area (Å²) in [5.74, 6) is 0.902. The van der Waals surface area contributed by atoms with Gasteiger partial charge in [-0.25, -0.2) is 0 Å². The fraction of sp³-hybridized carbons (Fsp3) is 0.500. The lowest BCUT2D eigenvalue weighted by Gasteiger charge is -2.18. The Labute approximate surface area is 105 Å². The molecule has 0 saturated carbocycles. The van der Waals surface area contributed by atoms with Gasteiger partial charge in [-0.2, -0.15) is 0 Å². The number of hydrogen-bond donors (Lipinski definition) is 2. The Morgan fingerprint density at radius 3 is 2.31 bits per heavy atom. The topological polar surface area (TPSA) is 41.5 Å². The van der Waals surface area contributed by atoms with Crippen LogP contribution in [0.1, 0.15) is 22.3 Å². The number of rotatable bonds is 4. The minimum absolute atomic E-state index is 0.0346. The molecule has 90 valence electrons. The lowest BCUT2D eigenvalue weighted by atomic mass is 9.99. The normalized spacial score (nSPS) is 10.6. The summed E-state index contributed by atoms with van der Waals surface area (Å²) in [7, 11) is 1.68. The number of hydrogen-bond acceptors (Lipinski definition) is 3. The SMILES string of the molecule is COc1c(C)c(C)c(Br)c(C)c1CNCO. The molecule has 0 atom stereocenters. The first kappa shape index (κ1) is 13.5. The number of halogens is 1.